The van der Waals surface area contributed by atoms with Gasteiger partial charge in [0.15, 0.2) is 0 Å². The molecule has 2 atom stereocenters. The van der Waals surface area contributed by atoms with Crippen molar-refractivity contribution in [3.05, 3.63) is 93.3 Å². The number of hydrogen-bond donors (Lipinski definition) is 2. The predicted octanol–water partition coefficient (Wildman–Crippen LogP) is 4.65. The van der Waals surface area contributed by atoms with Gasteiger partial charge in [0.05, 0.1) is 35.4 Å². The van der Waals surface area contributed by atoms with Crippen LogP contribution in [0.3, 0.4) is 0 Å². The lowest BCUT2D eigenvalue weighted by Crippen LogP contribution is -2.52. The maximum atomic E-state index is 16.7. The van der Waals surface area contributed by atoms with Crippen molar-refractivity contribution in [3.8, 4) is 6.07 Å². The molecule has 2 fully saturated rings. The Balaban J connectivity index is 1.55. The number of nitriles is 1. The number of aromatic nitrogens is 2. The zero-order valence-electron chi connectivity index (χ0n) is 24.0. The van der Waals surface area contributed by atoms with Gasteiger partial charge in [-0.3, -0.25) is 9.69 Å². The highest BCUT2D eigenvalue weighted by Crippen LogP contribution is 2.52. The average Bonchev–Trinajstić information content (AvgIpc) is 3.24. The molecule has 0 unspecified atom stereocenters. The molecule has 0 radical (unpaired) electrons. The number of halogens is 3. The Bertz CT molecular complexity index is 1610. The first-order valence-corrected chi connectivity index (χ1v) is 14.9. The van der Waals surface area contributed by atoms with E-state index < -0.39 is 40.9 Å². The van der Waals surface area contributed by atoms with Crippen LogP contribution in [0.4, 0.5) is 8.78 Å². The molecule has 2 N–H and O–H groups in total. The number of alkyl halides is 1. The summed E-state index contributed by atoms with van der Waals surface area (Å²) in [6.45, 7) is 1.57. The van der Waals surface area contributed by atoms with E-state index in [1.165, 1.54) is 23.4 Å². The van der Waals surface area contributed by atoms with Gasteiger partial charge in [-0.25, -0.2) is 18.7 Å². The third kappa shape index (κ3) is 4.86. The van der Waals surface area contributed by atoms with E-state index in [0.717, 1.165) is 6.07 Å². The number of ether oxygens (including phenoxy) is 2. The smallest absolute Gasteiger partial charge is 0.257 e. The summed E-state index contributed by atoms with van der Waals surface area (Å²) in [5.74, 6) is -1.36. The van der Waals surface area contributed by atoms with Crippen LogP contribution in [0.15, 0.2) is 48.8 Å². The van der Waals surface area contributed by atoms with Crippen molar-refractivity contribution in [1.82, 2.24) is 14.9 Å². The number of rotatable bonds is 8. The van der Waals surface area contributed by atoms with E-state index in [0.29, 0.717) is 10.6 Å². The molecule has 3 heterocycles. The fourth-order valence-corrected chi connectivity index (χ4v) is 6.66. The van der Waals surface area contributed by atoms with Crippen LogP contribution in [0.5, 0.6) is 0 Å². The van der Waals surface area contributed by atoms with Gasteiger partial charge >= 0.3 is 0 Å². The van der Waals surface area contributed by atoms with Crippen LogP contribution >= 0.6 is 11.6 Å². The lowest BCUT2D eigenvalue weighted by molar-refractivity contribution is -0.191. The highest BCUT2D eigenvalue weighted by molar-refractivity contribution is 6.30. The van der Waals surface area contributed by atoms with Crippen molar-refractivity contribution in [2.24, 2.45) is 0 Å². The summed E-state index contributed by atoms with van der Waals surface area (Å²) >= 11 is 6.21. The molecule has 1 aliphatic carbocycles. The van der Waals surface area contributed by atoms with Crippen LogP contribution in [-0.4, -0.2) is 62.1 Å². The zero-order chi connectivity index (χ0) is 31.3. The molecule has 9 nitrogen and oxygen atoms in total. The van der Waals surface area contributed by atoms with Gasteiger partial charge in [-0.15, -0.1) is 0 Å². The minimum atomic E-state index is -2.11. The molecular weight excluding hydrogens is 594 g/mol. The van der Waals surface area contributed by atoms with Crippen LogP contribution in [0.25, 0.3) is 0 Å². The van der Waals surface area contributed by atoms with Crippen LogP contribution < -0.4 is 0 Å². The van der Waals surface area contributed by atoms with Crippen LogP contribution in [0, 0.1) is 17.1 Å². The van der Waals surface area contributed by atoms with Crippen molar-refractivity contribution in [3.63, 3.8) is 0 Å². The van der Waals surface area contributed by atoms with Gasteiger partial charge in [-0.2, -0.15) is 5.26 Å². The van der Waals surface area contributed by atoms with Gasteiger partial charge < -0.3 is 19.7 Å². The molecule has 3 aromatic rings. The highest BCUT2D eigenvalue weighted by Gasteiger charge is 2.58. The Morgan fingerprint density at radius 2 is 1.86 bits per heavy atom. The molecule has 44 heavy (non-hydrogen) atoms. The Labute approximate surface area is 258 Å². The van der Waals surface area contributed by atoms with Crippen molar-refractivity contribution in [2.75, 3.05) is 13.2 Å². The fourth-order valence-electron chi connectivity index (χ4n) is 6.53. The molecule has 0 spiro atoms. The number of carbonyl (C=O) groups excluding carboxylic acids is 1. The van der Waals surface area contributed by atoms with Crippen molar-refractivity contribution < 1.29 is 33.3 Å². The van der Waals surface area contributed by atoms with Gasteiger partial charge in [0.1, 0.15) is 29.0 Å². The first kappa shape index (κ1) is 30.5. The Kier molecular flexibility index (Phi) is 7.93. The molecule has 6 rings (SSSR count). The van der Waals surface area contributed by atoms with Crippen molar-refractivity contribution in [2.45, 2.75) is 74.8 Å². The second kappa shape index (κ2) is 11.4. The molecule has 230 valence electrons. The molecular formula is C32H31ClF2N4O5. The largest absolute Gasteiger partial charge is 0.393 e. The number of amides is 1. The monoisotopic (exact) mass is 624 g/mol. The third-order valence-electron chi connectivity index (χ3n) is 9.08. The molecule has 0 bridgehead atoms. The predicted molar refractivity (Wildman–Crippen MR) is 153 cm³/mol. The van der Waals surface area contributed by atoms with Crippen LogP contribution in [-0.2, 0) is 27.3 Å². The molecule has 1 amide bonds. The van der Waals surface area contributed by atoms with Crippen LogP contribution in [0.2, 0.25) is 5.02 Å². The summed E-state index contributed by atoms with van der Waals surface area (Å²) in [7, 11) is 0. The van der Waals surface area contributed by atoms with Gasteiger partial charge in [0, 0.05) is 49.0 Å². The first-order valence-electron chi connectivity index (χ1n) is 14.5. The molecule has 3 aliphatic rings. The third-order valence-corrected chi connectivity index (χ3v) is 9.33. The lowest BCUT2D eigenvalue weighted by atomic mass is 9.72. The zero-order valence-corrected chi connectivity index (χ0v) is 24.7. The Morgan fingerprint density at radius 3 is 2.45 bits per heavy atom. The molecule has 1 aromatic heterocycles. The van der Waals surface area contributed by atoms with Crippen LogP contribution in [0.1, 0.15) is 77.5 Å². The number of hydrogen-bond acceptors (Lipinski definition) is 8. The number of aliphatic hydroxyl groups excluding tert-OH is 1. The standard InChI is InChI=1S/C32H31ClF2N4O5/c1-2-31(42,30(35)7-9-43-10-8-30)21-11-25-28(26(34)12-21)32(44-24-13-23(40)14-24,20-3-5-22(33)6-4-20)39(29(25)41)18-27-37-16-19(15-36)17-38-27/h3-6,11-12,16-17,23-24,40,42H,2,7-10,13-14,18H2,1H3/t23?,24?,31-,32+/m0/s1. The van der Waals surface area contributed by atoms with Gasteiger partial charge in [-0.1, -0.05) is 30.7 Å². The molecule has 1 saturated carbocycles. The van der Waals surface area contributed by atoms with E-state index >= 15 is 8.78 Å². The van der Waals surface area contributed by atoms with Crippen molar-refractivity contribution in [1.29, 1.82) is 5.26 Å². The maximum absolute atomic E-state index is 16.7. The highest BCUT2D eigenvalue weighted by atomic mass is 35.5. The normalized spacial score (nSPS) is 25.6. The summed E-state index contributed by atoms with van der Waals surface area (Å²) in [6.07, 6.45) is 1.77. The Hall–Kier alpha value is -3.53. The van der Waals surface area contributed by atoms with E-state index in [4.69, 9.17) is 21.1 Å². The van der Waals surface area contributed by atoms with Gasteiger partial charge in [0.2, 0.25) is 5.72 Å². The molecule has 2 aromatic carbocycles. The number of benzene rings is 2. The number of aliphatic hydroxyl groups is 2. The van der Waals surface area contributed by atoms with Crippen molar-refractivity contribution >= 4 is 17.5 Å². The number of nitrogens with zero attached hydrogens (tertiary/aromatic N) is 4. The Morgan fingerprint density at radius 1 is 1.20 bits per heavy atom. The van der Waals surface area contributed by atoms with Gasteiger partial charge in [0.25, 0.3) is 5.91 Å². The summed E-state index contributed by atoms with van der Waals surface area (Å²) in [4.78, 5) is 24.2. The van der Waals surface area contributed by atoms with E-state index in [1.807, 2.05) is 6.07 Å². The van der Waals surface area contributed by atoms with E-state index in [1.54, 1.807) is 31.2 Å². The SMILES string of the molecule is CC[C@](O)(c1cc(F)c2c(c1)C(=O)N(Cc1ncc(C#N)cn1)[C@@]2(OC1CC(O)C1)c1ccc(Cl)cc1)C1(F)CCOCC1. The molecule has 2 aliphatic heterocycles. The summed E-state index contributed by atoms with van der Waals surface area (Å²) in [5.41, 5.74) is -5.73. The minimum absolute atomic E-state index is 0.0606. The average molecular weight is 625 g/mol. The topological polar surface area (TPSA) is 129 Å². The quantitative estimate of drug-likeness (QED) is 0.371. The van der Waals surface area contributed by atoms with E-state index in [2.05, 4.69) is 9.97 Å². The van der Waals surface area contributed by atoms with E-state index in [-0.39, 0.29) is 79.9 Å². The number of fused-ring (bicyclic) bond motifs is 1. The molecule has 12 heteroatoms. The van der Waals surface area contributed by atoms with E-state index in [9.17, 15) is 20.3 Å². The fraction of sp³-hybridized carbons (Fsp3) is 0.438. The second-order valence-corrected chi connectivity index (χ2v) is 12.0. The number of carbonyl (C=O) groups is 1. The summed E-state index contributed by atoms with van der Waals surface area (Å²) in [5, 5.41) is 31.5. The first-order chi connectivity index (χ1) is 21.0. The molecule has 1 saturated heterocycles. The lowest BCUT2D eigenvalue weighted by Gasteiger charge is -2.45. The van der Waals surface area contributed by atoms with Gasteiger partial charge in [-0.05, 0) is 49.1 Å². The summed E-state index contributed by atoms with van der Waals surface area (Å²) < 4.78 is 45.1. The second-order valence-electron chi connectivity index (χ2n) is 11.6. The summed E-state index contributed by atoms with van der Waals surface area (Å²) in [6, 6.07) is 10.8. The minimum Gasteiger partial charge on any atom is -0.393 e. The maximum Gasteiger partial charge on any atom is 0.257 e.